The Labute approximate surface area is 67.0 Å². The molecule has 0 saturated heterocycles. The van der Waals surface area contributed by atoms with Gasteiger partial charge < -0.3 is 0 Å². The third kappa shape index (κ3) is 4.21. The molecule has 0 aromatic heterocycles. The Morgan fingerprint density at radius 2 is 2.00 bits per heavy atom. The summed E-state index contributed by atoms with van der Waals surface area (Å²) in [7, 11) is 0. The molecular weight excluding hydrogens is 140 g/mol. The lowest BCUT2D eigenvalue weighted by Gasteiger charge is -1.90. The summed E-state index contributed by atoms with van der Waals surface area (Å²) in [6.45, 7) is 7.19. The summed E-state index contributed by atoms with van der Waals surface area (Å²) in [5, 5.41) is 0. The van der Waals surface area contributed by atoms with Gasteiger partial charge in [-0.15, -0.1) is 11.8 Å². The minimum absolute atomic E-state index is 1.19. The van der Waals surface area contributed by atoms with Gasteiger partial charge in [-0.3, -0.25) is 0 Å². The average Bonchev–Trinajstić information content (AvgIpc) is 1.98. The summed E-state index contributed by atoms with van der Waals surface area (Å²) in [4.78, 5) is 1.19. The van der Waals surface area contributed by atoms with E-state index in [9.17, 15) is 0 Å². The van der Waals surface area contributed by atoms with E-state index in [4.69, 9.17) is 0 Å². The third-order valence-electron chi connectivity index (χ3n) is 0.914. The zero-order valence-electron chi connectivity index (χ0n) is 6.21. The fourth-order valence-corrected chi connectivity index (χ4v) is 0.918. The smallest absolute Gasteiger partial charge is 0.00689 e. The lowest BCUT2D eigenvalue weighted by molar-refractivity contribution is 1.86. The molecule has 0 nitrogen and oxygen atoms in total. The average molecular weight is 152 g/mol. The van der Waals surface area contributed by atoms with Gasteiger partial charge in [-0.25, -0.2) is 0 Å². The molecule has 0 heterocycles. The third-order valence-corrected chi connectivity index (χ3v) is 1.66. The largest absolute Gasteiger partial charge is 0.130 e. The normalized spacial score (nSPS) is 11.9. The van der Waals surface area contributed by atoms with Crippen molar-refractivity contribution in [2.45, 2.75) is 0 Å². The molecule has 0 rings (SSSR count). The van der Waals surface area contributed by atoms with Crippen LogP contribution in [0.25, 0.3) is 0 Å². The highest BCUT2D eigenvalue weighted by Gasteiger charge is 1.82. The zero-order valence-corrected chi connectivity index (χ0v) is 7.03. The molecule has 0 atom stereocenters. The molecule has 0 N–H and O–H groups in total. The minimum Gasteiger partial charge on any atom is -0.130 e. The molecule has 0 bridgehead atoms. The highest BCUT2D eigenvalue weighted by molar-refractivity contribution is 8.02. The van der Waals surface area contributed by atoms with Gasteiger partial charge in [0, 0.05) is 4.91 Å². The molecule has 10 heavy (non-hydrogen) atoms. The van der Waals surface area contributed by atoms with Gasteiger partial charge in [0.25, 0.3) is 0 Å². The van der Waals surface area contributed by atoms with Crippen molar-refractivity contribution in [2.75, 3.05) is 6.26 Å². The lowest BCUT2D eigenvalue weighted by atomic mass is 10.4. The number of thioether (sulfide) groups is 1. The quantitative estimate of drug-likeness (QED) is 0.558. The molecule has 0 aromatic carbocycles. The maximum Gasteiger partial charge on any atom is 0.00689 e. The Morgan fingerprint density at radius 1 is 1.30 bits per heavy atom. The summed E-state index contributed by atoms with van der Waals surface area (Å²) in [5.74, 6) is 0. The molecule has 1 heteroatoms. The van der Waals surface area contributed by atoms with Gasteiger partial charge in [-0.1, -0.05) is 31.4 Å². The van der Waals surface area contributed by atoms with E-state index in [1.54, 1.807) is 23.9 Å². The van der Waals surface area contributed by atoms with Gasteiger partial charge in [-0.2, -0.15) is 0 Å². The van der Waals surface area contributed by atoms with Crippen molar-refractivity contribution in [1.82, 2.24) is 0 Å². The predicted octanol–water partition coefficient (Wildman–Crippen LogP) is 3.16. The van der Waals surface area contributed by atoms with E-state index in [2.05, 4.69) is 13.2 Å². The Bertz CT molecular complexity index is 164. The monoisotopic (exact) mass is 152 g/mol. The molecule has 0 aliphatic carbocycles. The first kappa shape index (κ1) is 9.31. The molecule has 0 aliphatic heterocycles. The molecule has 0 fully saturated rings. The Hall–Kier alpha value is -0.690. The van der Waals surface area contributed by atoms with Gasteiger partial charge in [-0.05, 0) is 18.4 Å². The summed E-state index contributed by atoms with van der Waals surface area (Å²) >= 11 is 1.69. The van der Waals surface area contributed by atoms with Crippen molar-refractivity contribution in [3.05, 3.63) is 48.4 Å². The molecule has 0 aromatic rings. The van der Waals surface area contributed by atoms with E-state index < -0.39 is 0 Å². The molecule has 0 amide bonds. The predicted molar refractivity (Wildman–Crippen MR) is 51.1 cm³/mol. The lowest BCUT2D eigenvalue weighted by Crippen LogP contribution is -1.64. The fourth-order valence-electron chi connectivity index (χ4n) is 0.471. The Morgan fingerprint density at radius 3 is 2.40 bits per heavy atom. The summed E-state index contributed by atoms with van der Waals surface area (Å²) in [6.07, 6.45) is 11.4. The molecule has 0 unspecified atom stereocenters. The van der Waals surface area contributed by atoms with E-state index in [0.717, 1.165) is 0 Å². The topological polar surface area (TPSA) is 0 Å². The number of hydrogen-bond donors (Lipinski definition) is 0. The SMILES string of the molecule is C=C/C=C\C(=C/C=C)SC. The summed E-state index contributed by atoms with van der Waals surface area (Å²) in [6, 6.07) is 0. The van der Waals surface area contributed by atoms with E-state index in [1.807, 2.05) is 24.5 Å². The highest BCUT2D eigenvalue weighted by atomic mass is 32.2. The van der Waals surface area contributed by atoms with Crippen LogP contribution in [0.15, 0.2) is 48.4 Å². The van der Waals surface area contributed by atoms with E-state index in [-0.39, 0.29) is 0 Å². The van der Waals surface area contributed by atoms with Crippen molar-refractivity contribution in [2.24, 2.45) is 0 Å². The van der Waals surface area contributed by atoms with E-state index in [1.165, 1.54) is 4.91 Å². The molecule has 0 saturated carbocycles. The van der Waals surface area contributed by atoms with Crippen LogP contribution in [-0.2, 0) is 0 Å². The zero-order chi connectivity index (χ0) is 7.82. The van der Waals surface area contributed by atoms with Crippen molar-refractivity contribution < 1.29 is 0 Å². The highest BCUT2D eigenvalue weighted by Crippen LogP contribution is 2.12. The Kier molecular flexibility index (Phi) is 5.99. The molecule has 0 aliphatic rings. The number of hydrogen-bond acceptors (Lipinski definition) is 1. The first-order chi connectivity index (χ1) is 4.85. The fraction of sp³-hybridized carbons (Fsp3) is 0.111. The van der Waals surface area contributed by atoms with Crippen LogP contribution in [0.3, 0.4) is 0 Å². The molecule has 0 radical (unpaired) electrons. The van der Waals surface area contributed by atoms with Crippen molar-refractivity contribution in [3.8, 4) is 0 Å². The van der Waals surface area contributed by atoms with Crippen LogP contribution in [0.5, 0.6) is 0 Å². The van der Waals surface area contributed by atoms with Gasteiger partial charge in [0.2, 0.25) is 0 Å². The van der Waals surface area contributed by atoms with Gasteiger partial charge >= 0.3 is 0 Å². The van der Waals surface area contributed by atoms with E-state index in [0.29, 0.717) is 0 Å². The van der Waals surface area contributed by atoms with Crippen molar-refractivity contribution >= 4 is 11.8 Å². The van der Waals surface area contributed by atoms with Crippen LogP contribution in [-0.4, -0.2) is 6.26 Å². The first-order valence-corrected chi connectivity index (χ1v) is 4.23. The van der Waals surface area contributed by atoms with Crippen LogP contribution in [0.2, 0.25) is 0 Å². The van der Waals surface area contributed by atoms with Crippen molar-refractivity contribution in [3.63, 3.8) is 0 Å². The molecular formula is C9H12S. The second kappa shape index (κ2) is 6.43. The van der Waals surface area contributed by atoms with Gasteiger partial charge in [0.1, 0.15) is 0 Å². The van der Waals surface area contributed by atoms with Crippen LogP contribution in [0.1, 0.15) is 0 Å². The maximum atomic E-state index is 3.61. The second-order valence-corrected chi connectivity index (χ2v) is 2.48. The van der Waals surface area contributed by atoms with Crippen LogP contribution < -0.4 is 0 Å². The number of allylic oxidation sites excluding steroid dienone is 5. The maximum absolute atomic E-state index is 3.61. The standard InChI is InChI=1S/C9H12S/c1-4-6-8-9(10-3)7-5-2/h4-8H,1-2H2,3H3/b8-6-,9-7+. The summed E-state index contributed by atoms with van der Waals surface area (Å²) < 4.78 is 0. The molecule has 0 spiro atoms. The van der Waals surface area contributed by atoms with Crippen LogP contribution in [0, 0.1) is 0 Å². The first-order valence-electron chi connectivity index (χ1n) is 3.01. The Balaban J connectivity index is 4.06. The number of rotatable bonds is 4. The summed E-state index contributed by atoms with van der Waals surface area (Å²) in [5.41, 5.74) is 0. The van der Waals surface area contributed by atoms with Gasteiger partial charge in [0.05, 0.1) is 0 Å². The van der Waals surface area contributed by atoms with Crippen LogP contribution in [0.4, 0.5) is 0 Å². The van der Waals surface area contributed by atoms with Crippen LogP contribution >= 0.6 is 11.8 Å². The van der Waals surface area contributed by atoms with E-state index >= 15 is 0 Å². The second-order valence-electron chi connectivity index (χ2n) is 1.60. The van der Waals surface area contributed by atoms with Crippen molar-refractivity contribution in [1.29, 1.82) is 0 Å². The van der Waals surface area contributed by atoms with Gasteiger partial charge in [0.15, 0.2) is 0 Å². The minimum atomic E-state index is 1.19. The molecule has 54 valence electrons.